The summed E-state index contributed by atoms with van der Waals surface area (Å²) in [5.41, 5.74) is 2.54. The molecule has 0 spiro atoms. The van der Waals surface area contributed by atoms with Crippen molar-refractivity contribution < 1.29 is 19.0 Å². The van der Waals surface area contributed by atoms with Gasteiger partial charge < -0.3 is 14.2 Å². The third-order valence-corrected chi connectivity index (χ3v) is 4.50. The molecular formula is C27H34O4. The number of carbonyl (C=O) groups is 1. The van der Waals surface area contributed by atoms with Gasteiger partial charge in [0.05, 0.1) is 24.5 Å². The average Bonchev–Trinajstić information content (AvgIpc) is 2.76. The molecule has 0 unspecified atom stereocenters. The molecule has 0 fully saturated rings. The van der Waals surface area contributed by atoms with Gasteiger partial charge in [0.2, 0.25) is 0 Å². The van der Waals surface area contributed by atoms with Crippen molar-refractivity contribution >= 4 is 11.9 Å². The van der Waals surface area contributed by atoms with E-state index in [-0.39, 0.29) is 5.78 Å². The number of hydrogen-bond donors (Lipinski definition) is 0. The van der Waals surface area contributed by atoms with E-state index >= 15 is 0 Å². The molecular weight excluding hydrogens is 388 g/mol. The molecule has 0 saturated heterocycles. The quantitative estimate of drug-likeness (QED) is 0.197. The monoisotopic (exact) mass is 422 g/mol. The molecule has 4 heteroatoms. The zero-order valence-electron chi connectivity index (χ0n) is 19.2. The minimum absolute atomic E-state index is 0.0920. The van der Waals surface area contributed by atoms with E-state index in [0.29, 0.717) is 30.3 Å². The summed E-state index contributed by atoms with van der Waals surface area (Å²) < 4.78 is 17.5. The van der Waals surface area contributed by atoms with Gasteiger partial charge in [-0.2, -0.15) is 0 Å². The fourth-order valence-corrected chi connectivity index (χ4v) is 3.11. The standard InChI is InChI=1S/C27H34O4/c1-6-9-22-12-17-26(29-18-7-2)24(27(22)30-19-8-3)15-16-25(28)21-10-13-23(14-11-21)31-20(4)5/h10-17H,4,6-9,18-19H2,1-3,5H3. The van der Waals surface area contributed by atoms with Crippen LogP contribution in [0, 0.1) is 0 Å². The van der Waals surface area contributed by atoms with E-state index in [9.17, 15) is 4.79 Å². The highest BCUT2D eigenvalue weighted by Crippen LogP contribution is 2.35. The topological polar surface area (TPSA) is 44.8 Å². The Balaban J connectivity index is 2.36. The molecule has 0 bridgehead atoms. The first-order chi connectivity index (χ1) is 15.0. The van der Waals surface area contributed by atoms with Crippen LogP contribution in [-0.4, -0.2) is 19.0 Å². The zero-order valence-corrected chi connectivity index (χ0v) is 19.2. The lowest BCUT2D eigenvalue weighted by Crippen LogP contribution is -2.05. The number of hydrogen-bond acceptors (Lipinski definition) is 4. The van der Waals surface area contributed by atoms with Crippen LogP contribution in [0.5, 0.6) is 17.2 Å². The van der Waals surface area contributed by atoms with Crippen LogP contribution in [-0.2, 0) is 6.42 Å². The van der Waals surface area contributed by atoms with Crippen LogP contribution in [0.25, 0.3) is 6.08 Å². The number of allylic oxidation sites excluding steroid dienone is 2. The van der Waals surface area contributed by atoms with Gasteiger partial charge in [-0.15, -0.1) is 0 Å². The predicted molar refractivity (Wildman–Crippen MR) is 127 cm³/mol. The molecule has 0 atom stereocenters. The average molecular weight is 423 g/mol. The molecule has 166 valence electrons. The maximum atomic E-state index is 12.8. The summed E-state index contributed by atoms with van der Waals surface area (Å²) in [7, 11) is 0. The van der Waals surface area contributed by atoms with Crippen LogP contribution in [0.4, 0.5) is 0 Å². The van der Waals surface area contributed by atoms with Gasteiger partial charge in [0.1, 0.15) is 17.2 Å². The number of rotatable bonds is 13. The van der Waals surface area contributed by atoms with E-state index in [0.717, 1.165) is 48.3 Å². The third kappa shape index (κ3) is 7.32. The van der Waals surface area contributed by atoms with E-state index in [1.165, 1.54) is 0 Å². The van der Waals surface area contributed by atoms with Crippen LogP contribution >= 0.6 is 0 Å². The molecule has 0 amide bonds. The maximum absolute atomic E-state index is 12.8. The molecule has 0 aromatic heterocycles. The van der Waals surface area contributed by atoms with Gasteiger partial charge >= 0.3 is 0 Å². The Kier molecular flexibility index (Phi) is 9.89. The van der Waals surface area contributed by atoms with Crippen LogP contribution in [0.3, 0.4) is 0 Å². The second-order valence-corrected chi connectivity index (χ2v) is 7.44. The molecule has 0 aliphatic carbocycles. The van der Waals surface area contributed by atoms with Crippen molar-refractivity contribution in [3.8, 4) is 17.2 Å². The minimum Gasteiger partial charge on any atom is -0.493 e. The van der Waals surface area contributed by atoms with Gasteiger partial charge in [-0.25, -0.2) is 0 Å². The minimum atomic E-state index is -0.0920. The van der Waals surface area contributed by atoms with Gasteiger partial charge in [0.15, 0.2) is 5.78 Å². The summed E-state index contributed by atoms with van der Waals surface area (Å²) >= 11 is 0. The summed E-state index contributed by atoms with van der Waals surface area (Å²) in [6.07, 6.45) is 7.13. The predicted octanol–water partition coefficient (Wildman–Crippen LogP) is 7.03. The van der Waals surface area contributed by atoms with Crippen LogP contribution < -0.4 is 14.2 Å². The molecule has 0 N–H and O–H groups in total. The molecule has 4 nitrogen and oxygen atoms in total. The van der Waals surface area contributed by atoms with Crippen molar-refractivity contribution in [2.45, 2.75) is 53.4 Å². The summed E-state index contributed by atoms with van der Waals surface area (Å²) in [6, 6.07) is 11.1. The van der Waals surface area contributed by atoms with Crippen LogP contribution in [0.2, 0.25) is 0 Å². The van der Waals surface area contributed by atoms with Gasteiger partial charge in [-0.1, -0.05) is 39.8 Å². The van der Waals surface area contributed by atoms with Crippen molar-refractivity contribution in [1.82, 2.24) is 0 Å². The number of ketones is 1. The van der Waals surface area contributed by atoms with E-state index in [2.05, 4.69) is 33.4 Å². The summed E-state index contributed by atoms with van der Waals surface area (Å²) in [5, 5.41) is 0. The van der Waals surface area contributed by atoms with Crippen LogP contribution in [0.15, 0.2) is 54.8 Å². The second kappa shape index (κ2) is 12.6. The summed E-state index contributed by atoms with van der Waals surface area (Å²) in [4.78, 5) is 12.8. The third-order valence-electron chi connectivity index (χ3n) is 4.50. The molecule has 0 radical (unpaired) electrons. The fraction of sp³-hybridized carbons (Fsp3) is 0.370. The number of ether oxygens (including phenoxy) is 3. The first-order valence-electron chi connectivity index (χ1n) is 11.1. The molecule has 0 heterocycles. The number of benzene rings is 2. The van der Waals surface area contributed by atoms with Gasteiger partial charge in [-0.05, 0) is 74.2 Å². The largest absolute Gasteiger partial charge is 0.493 e. The van der Waals surface area contributed by atoms with Crippen LogP contribution in [0.1, 0.15) is 68.4 Å². The summed E-state index contributed by atoms with van der Waals surface area (Å²) in [5.74, 6) is 2.72. The Morgan fingerprint density at radius 1 is 0.935 bits per heavy atom. The number of carbonyl (C=O) groups excluding carboxylic acids is 1. The molecule has 0 aliphatic rings. The van der Waals surface area contributed by atoms with Gasteiger partial charge in [0.25, 0.3) is 0 Å². The zero-order chi connectivity index (χ0) is 22.6. The van der Waals surface area contributed by atoms with Crippen molar-refractivity contribution in [3.05, 3.63) is 71.5 Å². The Bertz CT molecular complexity index is 894. The number of aryl methyl sites for hydroxylation is 1. The lowest BCUT2D eigenvalue weighted by molar-refractivity contribution is 0.104. The van der Waals surface area contributed by atoms with Gasteiger partial charge in [-0.3, -0.25) is 4.79 Å². The first kappa shape index (κ1) is 24.3. The highest BCUT2D eigenvalue weighted by Gasteiger charge is 2.15. The molecule has 0 aliphatic heterocycles. The Labute approximate surface area is 186 Å². The van der Waals surface area contributed by atoms with Crippen molar-refractivity contribution in [1.29, 1.82) is 0 Å². The van der Waals surface area contributed by atoms with Crippen molar-refractivity contribution in [2.75, 3.05) is 13.2 Å². The summed E-state index contributed by atoms with van der Waals surface area (Å²) in [6.45, 7) is 13.0. The molecule has 31 heavy (non-hydrogen) atoms. The molecule has 2 rings (SSSR count). The second-order valence-electron chi connectivity index (χ2n) is 7.44. The Morgan fingerprint density at radius 2 is 1.61 bits per heavy atom. The molecule has 2 aromatic rings. The smallest absolute Gasteiger partial charge is 0.185 e. The van der Waals surface area contributed by atoms with Crippen molar-refractivity contribution in [2.24, 2.45) is 0 Å². The van der Waals surface area contributed by atoms with E-state index in [1.807, 2.05) is 12.1 Å². The SMILES string of the molecule is C=C(C)Oc1ccc(C(=O)C=Cc2c(OCCC)ccc(CCC)c2OCCC)cc1. The Hall–Kier alpha value is -3.01. The van der Waals surface area contributed by atoms with E-state index in [1.54, 1.807) is 37.3 Å². The molecule has 0 saturated carbocycles. The molecule has 2 aromatic carbocycles. The highest BCUT2D eigenvalue weighted by atomic mass is 16.5. The maximum Gasteiger partial charge on any atom is 0.185 e. The highest BCUT2D eigenvalue weighted by molar-refractivity contribution is 6.07. The lowest BCUT2D eigenvalue weighted by atomic mass is 10.0. The first-order valence-corrected chi connectivity index (χ1v) is 11.1. The van der Waals surface area contributed by atoms with Crippen molar-refractivity contribution in [3.63, 3.8) is 0 Å². The lowest BCUT2D eigenvalue weighted by Gasteiger charge is -2.17. The fourth-order valence-electron chi connectivity index (χ4n) is 3.11. The normalized spacial score (nSPS) is 10.8. The van der Waals surface area contributed by atoms with Gasteiger partial charge in [0, 0.05) is 5.56 Å². The van der Waals surface area contributed by atoms with E-state index < -0.39 is 0 Å². The Morgan fingerprint density at radius 3 is 2.23 bits per heavy atom. The van der Waals surface area contributed by atoms with E-state index in [4.69, 9.17) is 14.2 Å².